The number of carboxylic acids is 1. The van der Waals surface area contributed by atoms with Crippen LogP contribution in [0.2, 0.25) is 0 Å². The standard InChI is InChI=1S/C11H14F3N3O2S/c1-7-5-16(2-3-17(7)6-11(12,13)14)10-15-4-8(20-10)9(18)19/h4,7H,2-3,5-6H2,1H3,(H,18,19). The number of hydrogen-bond acceptors (Lipinski definition) is 5. The Kier molecular flexibility index (Phi) is 4.19. The lowest BCUT2D eigenvalue weighted by atomic mass is 10.2. The van der Waals surface area contributed by atoms with Gasteiger partial charge in [-0.25, -0.2) is 9.78 Å². The van der Waals surface area contributed by atoms with E-state index in [0.717, 1.165) is 11.3 Å². The van der Waals surface area contributed by atoms with Crippen molar-refractivity contribution in [2.24, 2.45) is 0 Å². The zero-order valence-corrected chi connectivity index (χ0v) is 11.5. The lowest BCUT2D eigenvalue weighted by Gasteiger charge is -2.39. The first-order valence-corrected chi connectivity index (χ1v) is 6.83. The van der Waals surface area contributed by atoms with Gasteiger partial charge in [0.05, 0.1) is 12.7 Å². The van der Waals surface area contributed by atoms with Gasteiger partial charge in [0.1, 0.15) is 4.88 Å². The van der Waals surface area contributed by atoms with E-state index in [-0.39, 0.29) is 17.5 Å². The third-order valence-electron chi connectivity index (χ3n) is 3.12. The second kappa shape index (κ2) is 5.57. The number of nitrogens with zero attached hydrogens (tertiary/aromatic N) is 3. The number of alkyl halides is 3. The quantitative estimate of drug-likeness (QED) is 0.924. The average Bonchev–Trinajstić information content (AvgIpc) is 2.79. The Hall–Kier alpha value is -1.35. The van der Waals surface area contributed by atoms with Crippen LogP contribution >= 0.6 is 11.3 Å². The maximum Gasteiger partial charge on any atom is 0.401 e. The van der Waals surface area contributed by atoms with Crippen molar-refractivity contribution in [1.82, 2.24) is 9.88 Å². The minimum atomic E-state index is -4.20. The second-order valence-electron chi connectivity index (χ2n) is 4.69. The molecule has 1 N–H and O–H groups in total. The number of carboxylic acid groups (broad SMARTS) is 1. The molecule has 20 heavy (non-hydrogen) atoms. The Bertz CT molecular complexity index is 492. The van der Waals surface area contributed by atoms with Gasteiger partial charge in [0, 0.05) is 25.7 Å². The SMILES string of the molecule is CC1CN(c2ncc(C(=O)O)s2)CCN1CC(F)(F)F. The van der Waals surface area contributed by atoms with E-state index in [1.165, 1.54) is 11.1 Å². The van der Waals surface area contributed by atoms with E-state index >= 15 is 0 Å². The summed E-state index contributed by atoms with van der Waals surface area (Å²) in [6, 6.07) is -0.262. The predicted molar refractivity (Wildman–Crippen MR) is 68.4 cm³/mol. The van der Waals surface area contributed by atoms with E-state index < -0.39 is 18.7 Å². The summed E-state index contributed by atoms with van der Waals surface area (Å²) in [5.41, 5.74) is 0. The maximum absolute atomic E-state index is 12.4. The Balaban J connectivity index is 1.99. The molecule has 1 unspecified atom stereocenters. The van der Waals surface area contributed by atoms with Crippen molar-refractivity contribution in [2.45, 2.75) is 19.1 Å². The van der Waals surface area contributed by atoms with Crippen molar-refractivity contribution in [3.05, 3.63) is 11.1 Å². The van der Waals surface area contributed by atoms with Crippen LogP contribution in [0.5, 0.6) is 0 Å². The molecule has 1 fully saturated rings. The highest BCUT2D eigenvalue weighted by Crippen LogP contribution is 2.26. The summed E-state index contributed by atoms with van der Waals surface area (Å²) >= 11 is 1.04. The van der Waals surface area contributed by atoms with Crippen LogP contribution in [-0.4, -0.2) is 59.4 Å². The lowest BCUT2D eigenvalue weighted by Crippen LogP contribution is -2.54. The van der Waals surface area contributed by atoms with Crippen molar-refractivity contribution < 1.29 is 23.1 Å². The van der Waals surface area contributed by atoms with Crippen LogP contribution in [0.4, 0.5) is 18.3 Å². The van der Waals surface area contributed by atoms with Crippen LogP contribution in [0.1, 0.15) is 16.6 Å². The van der Waals surface area contributed by atoms with E-state index in [9.17, 15) is 18.0 Å². The number of anilines is 1. The molecule has 0 aromatic carbocycles. The van der Waals surface area contributed by atoms with Crippen molar-refractivity contribution >= 4 is 22.4 Å². The van der Waals surface area contributed by atoms with Gasteiger partial charge in [-0.1, -0.05) is 11.3 Å². The van der Waals surface area contributed by atoms with Crippen LogP contribution in [-0.2, 0) is 0 Å². The summed E-state index contributed by atoms with van der Waals surface area (Å²) in [4.78, 5) is 18.1. The monoisotopic (exact) mass is 309 g/mol. The summed E-state index contributed by atoms with van der Waals surface area (Å²) in [6.07, 6.45) is -2.93. The Morgan fingerprint density at radius 3 is 2.75 bits per heavy atom. The summed E-state index contributed by atoms with van der Waals surface area (Å²) in [6.45, 7) is 1.90. The van der Waals surface area contributed by atoms with Gasteiger partial charge in [0.2, 0.25) is 0 Å². The highest BCUT2D eigenvalue weighted by molar-refractivity contribution is 7.17. The van der Waals surface area contributed by atoms with Gasteiger partial charge in [-0.2, -0.15) is 13.2 Å². The van der Waals surface area contributed by atoms with Gasteiger partial charge in [0.15, 0.2) is 5.13 Å². The zero-order valence-electron chi connectivity index (χ0n) is 10.7. The molecule has 0 radical (unpaired) electrons. The van der Waals surface area contributed by atoms with Crippen LogP contribution in [0, 0.1) is 0 Å². The summed E-state index contributed by atoms with van der Waals surface area (Å²) in [7, 11) is 0. The first kappa shape index (κ1) is 15.0. The highest BCUT2D eigenvalue weighted by atomic mass is 32.1. The Morgan fingerprint density at radius 1 is 1.55 bits per heavy atom. The number of thiazole rings is 1. The number of rotatable bonds is 3. The van der Waals surface area contributed by atoms with Crippen LogP contribution in [0.25, 0.3) is 0 Å². The molecule has 1 aliphatic rings. The summed E-state index contributed by atoms with van der Waals surface area (Å²) in [5.74, 6) is -1.04. The lowest BCUT2D eigenvalue weighted by molar-refractivity contribution is -0.150. The number of halogens is 3. The van der Waals surface area contributed by atoms with Crippen molar-refractivity contribution in [3.8, 4) is 0 Å². The van der Waals surface area contributed by atoms with Crippen molar-refractivity contribution in [3.63, 3.8) is 0 Å². The minimum Gasteiger partial charge on any atom is -0.477 e. The van der Waals surface area contributed by atoms with Gasteiger partial charge in [-0.05, 0) is 6.92 Å². The molecule has 1 aliphatic heterocycles. The van der Waals surface area contributed by atoms with E-state index in [2.05, 4.69) is 4.98 Å². The fourth-order valence-corrected chi connectivity index (χ4v) is 2.93. The van der Waals surface area contributed by atoms with Crippen molar-refractivity contribution in [1.29, 1.82) is 0 Å². The van der Waals surface area contributed by atoms with E-state index in [4.69, 9.17) is 5.11 Å². The number of carbonyl (C=O) groups is 1. The molecule has 1 atom stereocenters. The van der Waals surface area contributed by atoms with Gasteiger partial charge in [-0.15, -0.1) is 0 Å². The van der Waals surface area contributed by atoms with Gasteiger partial charge >= 0.3 is 12.1 Å². The molecule has 0 bridgehead atoms. The smallest absolute Gasteiger partial charge is 0.401 e. The number of hydrogen-bond donors (Lipinski definition) is 1. The number of aromatic carboxylic acids is 1. The molecule has 1 aromatic rings. The molecule has 2 rings (SSSR count). The third kappa shape index (κ3) is 3.60. The van der Waals surface area contributed by atoms with Gasteiger partial charge < -0.3 is 10.0 Å². The molecule has 1 aromatic heterocycles. The molecular weight excluding hydrogens is 295 g/mol. The van der Waals surface area contributed by atoms with Crippen LogP contribution < -0.4 is 4.90 Å². The molecule has 0 amide bonds. The van der Waals surface area contributed by atoms with Crippen molar-refractivity contribution in [2.75, 3.05) is 31.1 Å². The first-order valence-electron chi connectivity index (χ1n) is 6.01. The van der Waals surface area contributed by atoms with Crippen LogP contribution in [0.15, 0.2) is 6.20 Å². The van der Waals surface area contributed by atoms with Gasteiger partial charge in [0.25, 0.3) is 0 Å². The third-order valence-corrected chi connectivity index (χ3v) is 4.17. The van der Waals surface area contributed by atoms with Gasteiger partial charge in [-0.3, -0.25) is 4.90 Å². The van der Waals surface area contributed by atoms with E-state index in [1.54, 1.807) is 6.92 Å². The number of piperazine rings is 1. The largest absolute Gasteiger partial charge is 0.477 e. The highest BCUT2D eigenvalue weighted by Gasteiger charge is 2.35. The first-order chi connectivity index (χ1) is 9.26. The number of aromatic nitrogens is 1. The molecule has 0 aliphatic carbocycles. The second-order valence-corrected chi connectivity index (χ2v) is 5.70. The zero-order chi connectivity index (χ0) is 14.9. The summed E-state index contributed by atoms with van der Waals surface area (Å²) < 4.78 is 37.2. The molecule has 0 saturated carbocycles. The van der Waals surface area contributed by atoms with Crippen LogP contribution in [0.3, 0.4) is 0 Å². The molecule has 2 heterocycles. The molecular formula is C11H14F3N3O2S. The fourth-order valence-electron chi connectivity index (χ4n) is 2.14. The fraction of sp³-hybridized carbons (Fsp3) is 0.636. The topological polar surface area (TPSA) is 56.7 Å². The molecule has 1 saturated heterocycles. The van der Waals surface area contributed by atoms with E-state index in [0.29, 0.717) is 18.2 Å². The maximum atomic E-state index is 12.4. The average molecular weight is 309 g/mol. The Morgan fingerprint density at radius 2 is 2.25 bits per heavy atom. The molecule has 112 valence electrons. The molecule has 9 heteroatoms. The molecule has 0 spiro atoms. The minimum absolute atomic E-state index is 0.130. The van der Waals surface area contributed by atoms with E-state index in [1.807, 2.05) is 4.90 Å². The normalized spacial score (nSPS) is 21.2. The summed E-state index contributed by atoms with van der Waals surface area (Å²) in [5, 5.41) is 9.38. The predicted octanol–water partition coefficient (Wildman–Crippen LogP) is 1.91. The Labute approximate surface area is 117 Å². The molecule has 5 nitrogen and oxygen atoms in total.